The van der Waals surface area contributed by atoms with Crippen LogP contribution >= 0.6 is 0 Å². The quantitative estimate of drug-likeness (QED) is 0.861. The molecule has 0 aliphatic rings. The molecule has 0 spiro atoms. The number of hydrogen-bond acceptors (Lipinski definition) is 4. The van der Waals surface area contributed by atoms with Crippen LogP contribution in [0.5, 0.6) is 5.75 Å². The molecule has 0 aliphatic heterocycles. The predicted octanol–water partition coefficient (Wildman–Crippen LogP) is 1.46. The summed E-state index contributed by atoms with van der Waals surface area (Å²) in [5, 5.41) is 8.75. The Morgan fingerprint density at radius 2 is 2.05 bits per heavy atom. The highest BCUT2D eigenvalue weighted by Gasteiger charge is 2.07. The van der Waals surface area contributed by atoms with Crippen molar-refractivity contribution in [2.75, 3.05) is 6.61 Å². The highest BCUT2D eigenvalue weighted by molar-refractivity contribution is 5.69. The van der Waals surface area contributed by atoms with Gasteiger partial charge in [0, 0.05) is 11.6 Å². The molecular weight excluding hydrogens is 260 g/mol. The van der Waals surface area contributed by atoms with Crippen LogP contribution in [0.15, 0.2) is 35.1 Å². The first-order valence-electron chi connectivity index (χ1n) is 6.13. The molecule has 0 amide bonds. The first kappa shape index (κ1) is 13.8. The zero-order chi connectivity index (χ0) is 14.5. The van der Waals surface area contributed by atoms with Crippen LogP contribution in [0.4, 0.5) is 0 Å². The van der Waals surface area contributed by atoms with Crippen LogP contribution in [0.2, 0.25) is 0 Å². The number of hydrogen-bond donors (Lipinski definition) is 2. The Balaban J connectivity index is 2.34. The van der Waals surface area contributed by atoms with E-state index in [4.69, 9.17) is 9.84 Å². The van der Waals surface area contributed by atoms with E-state index in [2.05, 4.69) is 9.97 Å². The zero-order valence-electron chi connectivity index (χ0n) is 10.9. The summed E-state index contributed by atoms with van der Waals surface area (Å²) in [7, 11) is 0. The highest BCUT2D eigenvalue weighted by Crippen LogP contribution is 2.18. The van der Waals surface area contributed by atoms with Gasteiger partial charge in [-0.15, -0.1) is 0 Å². The van der Waals surface area contributed by atoms with E-state index >= 15 is 0 Å². The standard InChI is InChI=1S/C14H14N2O4/c1-2-20-11-5-3-9(4-6-11)14-15-10(8-13(18)19)7-12(17)16-14/h3-7H,2,8H2,1H3,(H,18,19)(H,15,16,17). The fourth-order valence-electron chi connectivity index (χ4n) is 1.77. The summed E-state index contributed by atoms with van der Waals surface area (Å²) in [4.78, 5) is 28.9. The molecule has 6 heteroatoms. The van der Waals surface area contributed by atoms with E-state index in [9.17, 15) is 9.59 Å². The molecule has 2 N–H and O–H groups in total. The molecule has 1 aromatic carbocycles. The molecule has 0 fully saturated rings. The summed E-state index contributed by atoms with van der Waals surface area (Å²) >= 11 is 0. The van der Waals surface area contributed by atoms with E-state index in [1.807, 2.05) is 6.92 Å². The van der Waals surface area contributed by atoms with Gasteiger partial charge in [-0.1, -0.05) is 0 Å². The van der Waals surface area contributed by atoms with Crippen LogP contribution in [0.1, 0.15) is 12.6 Å². The van der Waals surface area contributed by atoms with Crippen molar-refractivity contribution in [1.82, 2.24) is 9.97 Å². The second-order valence-electron chi connectivity index (χ2n) is 4.11. The minimum atomic E-state index is -1.03. The molecule has 0 aliphatic carbocycles. The molecule has 0 saturated heterocycles. The summed E-state index contributed by atoms with van der Waals surface area (Å²) in [5.74, 6) is 0.0397. The van der Waals surface area contributed by atoms with E-state index in [-0.39, 0.29) is 17.7 Å². The van der Waals surface area contributed by atoms with Crippen LogP contribution < -0.4 is 10.3 Å². The van der Waals surface area contributed by atoms with Crippen LogP contribution in [0.25, 0.3) is 11.4 Å². The Labute approximate surface area is 115 Å². The van der Waals surface area contributed by atoms with Crippen LogP contribution in [-0.2, 0) is 11.2 Å². The van der Waals surface area contributed by atoms with E-state index in [1.165, 1.54) is 6.07 Å². The third kappa shape index (κ3) is 3.44. The smallest absolute Gasteiger partial charge is 0.309 e. The van der Waals surface area contributed by atoms with Crippen LogP contribution in [0, 0.1) is 0 Å². The Hall–Kier alpha value is -2.63. The summed E-state index contributed by atoms with van der Waals surface area (Å²) in [5.41, 5.74) is 0.545. The fraction of sp³-hybridized carbons (Fsp3) is 0.214. The van der Waals surface area contributed by atoms with Gasteiger partial charge in [0.1, 0.15) is 11.6 Å². The number of ether oxygens (including phenoxy) is 1. The van der Waals surface area contributed by atoms with Crippen molar-refractivity contribution in [1.29, 1.82) is 0 Å². The molecule has 0 unspecified atom stereocenters. The van der Waals surface area contributed by atoms with Gasteiger partial charge >= 0.3 is 5.97 Å². The lowest BCUT2D eigenvalue weighted by Crippen LogP contribution is -2.13. The van der Waals surface area contributed by atoms with E-state index in [1.54, 1.807) is 24.3 Å². The average molecular weight is 274 g/mol. The topological polar surface area (TPSA) is 92.3 Å². The summed E-state index contributed by atoms with van der Waals surface area (Å²) < 4.78 is 5.33. The molecule has 0 atom stereocenters. The summed E-state index contributed by atoms with van der Waals surface area (Å²) in [6.45, 7) is 2.46. The molecule has 1 aromatic heterocycles. The molecule has 0 radical (unpaired) electrons. The minimum absolute atomic E-state index is 0.227. The zero-order valence-corrected chi connectivity index (χ0v) is 10.9. The van der Waals surface area contributed by atoms with Crippen molar-refractivity contribution in [3.8, 4) is 17.1 Å². The van der Waals surface area contributed by atoms with Gasteiger partial charge < -0.3 is 14.8 Å². The SMILES string of the molecule is CCOc1ccc(-c2nc(CC(=O)O)cc(=O)[nH]2)cc1. The first-order chi connectivity index (χ1) is 9.58. The van der Waals surface area contributed by atoms with Gasteiger partial charge in [0.05, 0.1) is 18.7 Å². The molecule has 0 saturated carbocycles. The lowest BCUT2D eigenvalue weighted by atomic mass is 10.2. The summed E-state index contributed by atoms with van der Waals surface area (Å²) in [6.07, 6.45) is -0.284. The Morgan fingerprint density at radius 3 is 2.65 bits per heavy atom. The third-order valence-corrected chi connectivity index (χ3v) is 2.57. The Morgan fingerprint density at radius 1 is 1.35 bits per heavy atom. The van der Waals surface area contributed by atoms with Gasteiger partial charge in [-0.05, 0) is 31.2 Å². The number of aromatic nitrogens is 2. The number of aromatic amines is 1. The van der Waals surface area contributed by atoms with Crippen molar-refractivity contribution in [2.45, 2.75) is 13.3 Å². The predicted molar refractivity (Wildman–Crippen MR) is 72.8 cm³/mol. The number of carbonyl (C=O) groups is 1. The van der Waals surface area contributed by atoms with Gasteiger partial charge in [-0.25, -0.2) is 4.98 Å². The molecule has 6 nitrogen and oxygen atoms in total. The number of rotatable bonds is 5. The molecule has 1 heterocycles. The number of H-pyrrole nitrogens is 1. The van der Waals surface area contributed by atoms with E-state index < -0.39 is 5.97 Å². The third-order valence-electron chi connectivity index (χ3n) is 2.57. The average Bonchev–Trinajstić information content (AvgIpc) is 2.38. The maximum Gasteiger partial charge on any atom is 0.309 e. The summed E-state index contributed by atoms with van der Waals surface area (Å²) in [6, 6.07) is 8.24. The Bertz CT molecular complexity index is 662. The normalized spacial score (nSPS) is 10.2. The van der Waals surface area contributed by atoms with Crippen molar-refractivity contribution in [2.24, 2.45) is 0 Å². The number of benzene rings is 1. The van der Waals surface area contributed by atoms with Crippen LogP contribution in [-0.4, -0.2) is 27.7 Å². The van der Waals surface area contributed by atoms with Gasteiger partial charge in [-0.2, -0.15) is 0 Å². The number of nitrogens with one attached hydrogen (secondary N) is 1. The van der Waals surface area contributed by atoms with Gasteiger partial charge in [0.15, 0.2) is 0 Å². The van der Waals surface area contributed by atoms with Crippen molar-refractivity contribution < 1.29 is 14.6 Å². The molecular formula is C14H14N2O4. The largest absolute Gasteiger partial charge is 0.494 e. The number of carboxylic acid groups (broad SMARTS) is 1. The molecule has 2 rings (SSSR count). The lowest BCUT2D eigenvalue weighted by Gasteiger charge is -2.05. The molecule has 20 heavy (non-hydrogen) atoms. The maximum absolute atomic E-state index is 11.5. The van der Waals surface area contributed by atoms with Gasteiger partial charge in [-0.3, -0.25) is 9.59 Å². The number of carboxylic acids is 1. The first-order valence-corrected chi connectivity index (χ1v) is 6.13. The van der Waals surface area contributed by atoms with Crippen molar-refractivity contribution in [3.05, 3.63) is 46.4 Å². The fourth-order valence-corrected chi connectivity index (χ4v) is 1.77. The van der Waals surface area contributed by atoms with E-state index in [0.29, 0.717) is 18.0 Å². The number of nitrogens with zero attached hydrogens (tertiary/aromatic N) is 1. The minimum Gasteiger partial charge on any atom is -0.494 e. The molecule has 104 valence electrons. The van der Waals surface area contributed by atoms with Crippen molar-refractivity contribution >= 4 is 5.97 Å². The van der Waals surface area contributed by atoms with Gasteiger partial charge in [0.2, 0.25) is 0 Å². The van der Waals surface area contributed by atoms with Gasteiger partial charge in [0.25, 0.3) is 5.56 Å². The Kier molecular flexibility index (Phi) is 4.14. The highest BCUT2D eigenvalue weighted by atomic mass is 16.5. The van der Waals surface area contributed by atoms with Crippen molar-refractivity contribution in [3.63, 3.8) is 0 Å². The molecule has 2 aromatic rings. The number of aliphatic carboxylic acids is 1. The second kappa shape index (κ2) is 6.01. The maximum atomic E-state index is 11.5. The van der Waals surface area contributed by atoms with Crippen LogP contribution in [0.3, 0.4) is 0 Å². The second-order valence-corrected chi connectivity index (χ2v) is 4.11. The monoisotopic (exact) mass is 274 g/mol. The lowest BCUT2D eigenvalue weighted by molar-refractivity contribution is -0.136. The van der Waals surface area contributed by atoms with E-state index in [0.717, 1.165) is 5.75 Å². The molecule has 0 bridgehead atoms.